The molecule has 0 aliphatic rings. The first-order valence-electron chi connectivity index (χ1n) is 12.3. The van der Waals surface area contributed by atoms with Gasteiger partial charge in [0.15, 0.2) is 0 Å². The average Bonchev–Trinajstić information content (AvgIpc) is 2.81. The number of nitrogens with zero attached hydrogens (tertiary/aromatic N) is 1. The van der Waals surface area contributed by atoms with Gasteiger partial charge in [-0.15, -0.1) is 0 Å². The van der Waals surface area contributed by atoms with Gasteiger partial charge in [0.25, 0.3) is 0 Å². The van der Waals surface area contributed by atoms with Crippen molar-refractivity contribution in [3.63, 3.8) is 0 Å². The first-order valence-corrected chi connectivity index (χ1v) is 12.3. The van der Waals surface area contributed by atoms with Gasteiger partial charge in [-0.3, -0.25) is 9.59 Å². The molecule has 0 bridgehead atoms. The van der Waals surface area contributed by atoms with Crippen LogP contribution in [0.2, 0.25) is 0 Å². The van der Waals surface area contributed by atoms with Gasteiger partial charge in [-0.05, 0) is 57.7 Å². The molecule has 8 heteroatoms. The Morgan fingerprint density at radius 2 is 1.72 bits per heavy atom. The van der Waals surface area contributed by atoms with E-state index in [0.29, 0.717) is 18.5 Å². The maximum Gasteiger partial charge on any atom is 0.408 e. The van der Waals surface area contributed by atoms with Crippen molar-refractivity contribution >= 4 is 17.9 Å². The molecule has 0 saturated carbocycles. The molecule has 0 aromatic heterocycles. The van der Waals surface area contributed by atoms with Crippen LogP contribution in [0.1, 0.15) is 62.4 Å². The molecule has 36 heavy (non-hydrogen) atoms. The molecule has 2 unspecified atom stereocenters. The second kappa shape index (κ2) is 13.1. The van der Waals surface area contributed by atoms with Gasteiger partial charge in [0, 0.05) is 13.1 Å². The molecule has 0 radical (unpaired) electrons. The smallest absolute Gasteiger partial charge is 0.408 e. The van der Waals surface area contributed by atoms with Gasteiger partial charge in [0.05, 0.1) is 6.61 Å². The summed E-state index contributed by atoms with van der Waals surface area (Å²) in [5.74, 6) is -0.911. The molecule has 0 saturated heterocycles. The van der Waals surface area contributed by atoms with Gasteiger partial charge in [0.1, 0.15) is 17.7 Å². The Labute approximate surface area is 214 Å². The van der Waals surface area contributed by atoms with E-state index in [2.05, 4.69) is 10.6 Å². The third-order valence-corrected chi connectivity index (χ3v) is 5.51. The molecule has 3 amide bonds. The minimum Gasteiger partial charge on any atom is -0.444 e. The fourth-order valence-corrected chi connectivity index (χ4v) is 3.91. The Morgan fingerprint density at radius 1 is 1.06 bits per heavy atom. The van der Waals surface area contributed by atoms with Gasteiger partial charge in [-0.1, -0.05) is 61.0 Å². The monoisotopic (exact) mass is 497 g/mol. The number of carbonyl (C=O) groups excluding carboxylic acids is 3. The largest absolute Gasteiger partial charge is 0.444 e. The number of aliphatic hydroxyl groups is 1. The van der Waals surface area contributed by atoms with E-state index < -0.39 is 36.3 Å². The van der Waals surface area contributed by atoms with Gasteiger partial charge in [-0.2, -0.15) is 0 Å². The maximum atomic E-state index is 13.7. The highest BCUT2D eigenvalue weighted by Crippen LogP contribution is 2.27. The number of aliphatic hydroxyl groups excluding tert-OH is 1. The molecule has 3 N–H and O–H groups in total. The third-order valence-electron chi connectivity index (χ3n) is 5.51. The number of hydrogen-bond acceptors (Lipinski definition) is 5. The summed E-state index contributed by atoms with van der Waals surface area (Å²) in [6, 6.07) is 13.0. The average molecular weight is 498 g/mol. The van der Waals surface area contributed by atoms with Crippen molar-refractivity contribution in [2.24, 2.45) is 0 Å². The molecule has 0 aliphatic heterocycles. The van der Waals surface area contributed by atoms with Crippen molar-refractivity contribution in [2.75, 3.05) is 13.2 Å². The van der Waals surface area contributed by atoms with Gasteiger partial charge >= 0.3 is 6.09 Å². The van der Waals surface area contributed by atoms with Gasteiger partial charge in [-0.25, -0.2) is 4.79 Å². The molecule has 8 nitrogen and oxygen atoms in total. The molecule has 0 spiro atoms. The van der Waals surface area contributed by atoms with Crippen molar-refractivity contribution in [3.8, 4) is 0 Å². The van der Waals surface area contributed by atoms with E-state index in [-0.39, 0.29) is 12.5 Å². The number of rotatable bonds is 10. The Morgan fingerprint density at radius 3 is 2.28 bits per heavy atom. The van der Waals surface area contributed by atoms with Crippen LogP contribution in [0.3, 0.4) is 0 Å². The lowest BCUT2D eigenvalue weighted by molar-refractivity contribution is -0.143. The highest BCUT2D eigenvalue weighted by Gasteiger charge is 2.36. The lowest BCUT2D eigenvalue weighted by Gasteiger charge is -2.34. The van der Waals surface area contributed by atoms with E-state index in [1.807, 2.05) is 69.3 Å². The van der Waals surface area contributed by atoms with Crippen LogP contribution < -0.4 is 10.6 Å². The van der Waals surface area contributed by atoms with Crippen LogP contribution in [0.15, 0.2) is 48.5 Å². The van der Waals surface area contributed by atoms with E-state index >= 15 is 0 Å². The number of carbonyl (C=O) groups is 3. The zero-order chi connectivity index (χ0) is 26.9. The number of nitrogens with one attached hydrogen (secondary N) is 2. The zero-order valence-corrected chi connectivity index (χ0v) is 22.1. The number of benzene rings is 2. The van der Waals surface area contributed by atoms with E-state index in [4.69, 9.17) is 4.74 Å². The van der Waals surface area contributed by atoms with Crippen molar-refractivity contribution in [3.05, 3.63) is 70.8 Å². The standard InChI is InChI=1S/C28H39N3O5/c1-7-15-31(26(34)23(18-32)30-27(35)36-28(4,5)6)24(22-14-13-19(2)16-20(22)3)25(33)29-17-21-11-9-8-10-12-21/h8-14,16,23-24,32H,7,15,17-18H2,1-6H3,(H,29,33)(H,30,35). The molecular weight excluding hydrogens is 458 g/mol. The Kier molecular flexibility index (Phi) is 10.5. The van der Waals surface area contributed by atoms with E-state index in [1.165, 1.54) is 4.90 Å². The minimum absolute atomic E-state index is 0.252. The number of amides is 3. The Balaban J connectivity index is 2.41. The molecule has 2 aromatic rings. The van der Waals surface area contributed by atoms with E-state index in [1.54, 1.807) is 20.8 Å². The lowest BCUT2D eigenvalue weighted by Crippen LogP contribution is -2.54. The summed E-state index contributed by atoms with van der Waals surface area (Å²) in [7, 11) is 0. The number of aryl methyl sites for hydroxylation is 2. The van der Waals surface area contributed by atoms with Gasteiger partial charge in [0.2, 0.25) is 11.8 Å². The van der Waals surface area contributed by atoms with Crippen LogP contribution >= 0.6 is 0 Å². The summed E-state index contributed by atoms with van der Waals surface area (Å²) in [5, 5.41) is 15.4. The summed E-state index contributed by atoms with van der Waals surface area (Å²) in [6.45, 7) is 10.8. The predicted octanol–water partition coefficient (Wildman–Crippen LogP) is 3.79. The summed E-state index contributed by atoms with van der Waals surface area (Å²) in [4.78, 5) is 41.0. The van der Waals surface area contributed by atoms with E-state index in [0.717, 1.165) is 16.7 Å². The molecule has 0 aliphatic carbocycles. The highest BCUT2D eigenvalue weighted by atomic mass is 16.6. The van der Waals surface area contributed by atoms with Crippen LogP contribution in [-0.2, 0) is 20.9 Å². The maximum absolute atomic E-state index is 13.7. The van der Waals surface area contributed by atoms with Crippen LogP contribution in [0.4, 0.5) is 4.79 Å². The molecular formula is C28H39N3O5. The second-order valence-corrected chi connectivity index (χ2v) is 9.88. The molecule has 2 rings (SSSR count). The lowest BCUT2D eigenvalue weighted by atomic mass is 9.96. The molecule has 2 atom stereocenters. The van der Waals surface area contributed by atoms with Crippen LogP contribution in [0, 0.1) is 13.8 Å². The van der Waals surface area contributed by atoms with E-state index in [9.17, 15) is 19.5 Å². The van der Waals surface area contributed by atoms with Crippen LogP contribution in [0.25, 0.3) is 0 Å². The summed E-state index contributed by atoms with van der Waals surface area (Å²) in [6.07, 6.45) is -0.244. The van der Waals surface area contributed by atoms with Crippen LogP contribution in [-0.4, -0.2) is 52.7 Å². The summed E-state index contributed by atoms with van der Waals surface area (Å²) < 4.78 is 5.26. The first kappa shape index (κ1) is 28.8. The quantitative estimate of drug-likeness (QED) is 0.463. The van der Waals surface area contributed by atoms with Crippen molar-refractivity contribution in [1.29, 1.82) is 0 Å². The van der Waals surface area contributed by atoms with Crippen LogP contribution in [0.5, 0.6) is 0 Å². The normalized spacial score (nSPS) is 12.9. The molecule has 0 fully saturated rings. The number of hydrogen-bond donors (Lipinski definition) is 3. The SMILES string of the molecule is CCCN(C(=O)C(CO)NC(=O)OC(C)(C)C)C(C(=O)NCc1ccccc1)c1ccc(C)cc1C. The minimum atomic E-state index is -1.26. The fraction of sp³-hybridized carbons (Fsp3) is 0.464. The molecule has 2 aromatic carbocycles. The topological polar surface area (TPSA) is 108 Å². The predicted molar refractivity (Wildman–Crippen MR) is 139 cm³/mol. The van der Waals surface area contributed by atoms with Gasteiger partial charge < -0.3 is 25.4 Å². The first-order chi connectivity index (χ1) is 17.0. The fourth-order valence-electron chi connectivity index (χ4n) is 3.91. The van der Waals surface area contributed by atoms with Crippen molar-refractivity contribution in [1.82, 2.24) is 15.5 Å². The zero-order valence-electron chi connectivity index (χ0n) is 22.1. The second-order valence-electron chi connectivity index (χ2n) is 9.88. The number of ether oxygens (including phenoxy) is 1. The molecule has 0 heterocycles. The summed E-state index contributed by atoms with van der Waals surface area (Å²) in [5.41, 5.74) is 2.74. The number of alkyl carbamates (subject to hydrolysis) is 1. The summed E-state index contributed by atoms with van der Waals surface area (Å²) >= 11 is 0. The van der Waals surface area contributed by atoms with Crippen molar-refractivity contribution < 1.29 is 24.2 Å². The Hall–Kier alpha value is -3.39. The highest BCUT2D eigenvalue weighted by molar-refractivity contribution is 5.92. The molecule has 196 valence electrons. The van der Waals surface area contributed by atoms with Crippen molar-refractivity contribution in [2.45, 2.75) is 72.2 Å². The Bertz CT molecular complexity index is 1030. The third kappa shape index (κ3) is 8.37.